The van der Waals surface area contributed by atoms with Crippen LogP contribution in [0.5, 0.6) is 0 Å². The first kappa shape index (κ1) is 17.6. The van der Waals surface area contributed by atoms with E-state index in [1.807, 2.05) is 17.5 Å². The highest BCUT2D eigenvalue weighted by molar-refractivity contribution is 7.10. The van der Waals surface area contributed by atoms with Crippen LogP contribution in [0.3, 0.4) is 0 Å². The average molecular weight is 314 g/mol. The molecule has 118 valence electrons. The van der Waals surface area contributed by atoms with Crippen molar-refractivity contribution in [1.29, 1.82) is 0 Å². The number of aliphatic hydroxyl groups excluding tert-OH is 1. The predicted molar refractivity (Wildman–Crippen MR) is 81.0 cm³/mol. The Morgan fingerprint density at radius 2 is 2.24 bits per heavy atom. The number of carbonyl (C=O) groups excluding carboxylic acids is 2. The molecule has 2 N–H and O–H groups in total. The van der Waals surface area contributed by atoms with E-state index in [-0.39, 0.29) is 37.4 Å². The zero-order valence-corrected chi connectivity index (χ0v) is 13.4. The number of hydrogen-bond acceptors (Lipinski definition) is 5. The van der Waals surface area contributed by atoms with Crippen molar-refractivity contribution in [1.82, 2.24) is 10.2 Å². The van der Waals surface area contributed by atoms with E-state index in [2.05, 4.69) is 5.32 Å². The van der Waals surface area contributed by atoms with Crippen LogP contribution in [0.25, 0.3) is 0 Å². The van der Waals surface area contributed by atoms with Crippen LogP contribution in [0.15, 0.2) is 17.5 Å². The highest BCUT2D eigenvalue weighted by Crippen LogP contribution is 2.22. The van der Waals surface area contributed by atoms with Crippen molar-refractivity contribution in [2.45, 2.75) is 25.5 Å². The lowest BCUT2D eigenvalue weighted by Crippen LogP contribution is -2.38. The Bertz CT molecular complexity index is 450. The van der Waals surface area contributed by atoms with E-state index in [1.54, 1.807) is 7.05 Å². The Morgan fingerprint density at radius 3 is 2.76 bits per heavy atom. The highest BCUT2D eigenvalue weighted by atomic mass is 32.1. The molecule has 0 fully saturated rings. The maximum atomic E-state index is 12.2. The van der Waals surface area contributed by atoms with Crippen LogP contribution < -0.4 is 5.32 Å². The topological polar surface area (TPSA) is 78.9 Å². The van der Waals surface area contributed by atoms with Crippen molar-refractivity contribution in [2.75, 3.05) is 27.3 Å². The van der Waals surface area contributed by atoms with Crippen LogP contribution in [-0.4, -0.2) is 55.2 Å². The Hall–Kier alpha value is -1.44. The van der Waals surface area contributed by atoms with E-state index in [0.717, 1.165) is 4.88 Å². The molecule has 21 heavy (non-hydrogen) atoms. The summed E-state index contributed by atoms with van der Waals surface area (Å²) in [4.78, 5) is 25.9. The molecule has 1 aromatic rings. The first-order valence-corrected chi connectivity index (χ1v) is 7.53. The third kappa shape index (κ3) is 6.24. The minimum atomic E-state index is -0.718. The number of thiophene rings is 1. The Kier molecular flexibility index (Phi) is 7.35. The van der Waals surface area contributed by atoms with Crippen molar-refractivity contribution in [3.8, 4) is 0 Å². The second-order valence-corrected chi connectivity index (χ2v) is 5.84. The van der Waals surface area contributed by atoms with E-state index in [0.29, 0.717) is 0 Å². The summed E-state index contributed by atoms with van der Waals surface area (Å²) >= 11 is 1.49. The second kappa shape index (κ2) is 8.76. The molecule has 0 saturated carbocycles. The van der Waals surface area contributed by atoms with E-state index in [1.165, 1.54) is 30.3 Å². The van der Waals surface area contributed by atoms with Crippen LogP contribution in [0.2, 0.25) is 0 Å². The maximum Gasteiger partial charge on any atom is 0.224 e. The molecule has 0 saturated heterocycles. The van der Waals surface area contributed by atoms with Gasteiger partial charge in [0.1, 0.15) is 0 Å². The summed E-state index contributed by atoms with van der Waals surface area (Å²) in [5, 5.41) is 14.3. The second-order valence-electron chi connectivity index (χ2n) is 4.86. The molecule has 0 aliphatic carbocycles. The number of methoxy groups -OCH3 is 1. The van der Waals surface area contributed by atoms with Gasteiger partial charge in [0.15, 0.2) is 0 Å². The fourth-order valence-corrected chi connectivity index (χ4v) is 2.73. The minimum absolute atomic E-state index is 0.141. The van der Waals surface area contributed by atoms with Gasteiger partial charge in [-0.15, -0.1) is 11.3 Å². The predicted octanol–water partition coefficient (Wildman–Crippen LogP) is 0.781. The number of nitrogens with one attached hydrogen (secondary N) is 1. The fourth-order valence-electron chi connectivity index (χ4n) is 1.95. The molecule has 2 amide bonds. The van der Waals surface area contributed by atoms with Crippen LogP contribution in [0, 0.1) is 0 Å². The quantitative estimate of drug-likeness (QED) is 0.743. The van der Waals surface area contributed by atoms with Crippen molar-refractivity contribution < 1.29 is 19.4 Å². The van der Waals surface area contributed by atoms with Crippen LogP contribution in [0.4, 0.5) is 0 Å². The molecule has 0 radical (unpaired) electrons. The first-order chi connectivity index (χ1) is 9.93. The summed E-state index contributed by atoms with van der Waals surface area (Å²) in [5.41, 5.74) is 0. The molecule has 1 aromatic heterocycles. The van der Waals surface area contributed by atoms with Crippen LogP contribution >= 0.6 is 11.3 Å². The van der Waals surface area contributed by atoms with Gasteiger partial charge in [0, 0.05) is 32.5 Å². The third-order valence-electron chi connectivity index (χ3n) is 2.91. The number of rotatable bonds is 8. The van der Waals surface area contributed by atoms with Crippen molar-refractivity contribution >= 4 is 23.2 Å². The van der Waals surface area contributed by atoms with Gasteiger partial charge in [-0.25, -0.2) is 0 Å². The van der Waals surface area contributed by atoms with Crippen molar-refractivity contribution in [3.05, 3.63) is 22.4 Å². The molecular formula is C14H22N2O4S. The first-order valence-electron chi connectivity index (χ1n) is 6.65. The zero-order valence-electron chi connectivity index (χ0n) is 12.5. The lowest BCUT2D eigenvalue weighted by molar-refractivity contribution is -0.132. The van der Waals surface area contributed by atoms with Gasteiger partial charge in [0.05, 0.1) is 25.2 Å². The van der Waals surface area contributed by atoms with Gasteiger partial charge in [-0.3, -0.25) is 9.59 Å². The summed E-state index contributed by atoms with van der Waals surface area (Å²) in [6.07, 6.45) is -0.555. The van der Waals surface area contributed by atoms with Crippen LogP contribution in [0.1, 0.15) is 24.3 Å². The molecule has 0 aromatic carbocycles. The standard InChI is InChI=1S/C14H22N2O4S/c1-10(17)15-12(13-5-4-6-21-13)7-14(19)16(2)8-11(18)9-20-3/h4-6,11-12,18H,7-9H2,1-3H3,(H,15,17). The number of hydrogen-bond donors (Lipinski definition) is 2. The van der Waals surface area contributed by atoms with Crippen LogP contribution in [-0.2, 0) is 14.3 Å². The summed E-state index contributed by atoms with van der Waals surface area (Å²) in [7, 11) is 3.12. The van der Waals surface area contributed by atoms with E-state index in [9.17, 15) is 14.7 Å². The molecule has 2 atom stereocenters. The fraction of sp³-hybridized carbons (Fsp3) is 0.571. The van der Waals surface area contributed by atoms with Gasteiger partial charge >= 0.3 is 0 Å². The van der Waals surface area contributed by atoms with E-state index < -0.39 is 6.10 Å². The number of aliphatic hydroxyl groups is 1. The molecule has 0 spiro atoms. The molecule has 1 heterocycles. The molecule has 1 rings (SSSR count). The Balaban J connectivity index is 2.61. The Morgan fingerprint density at radius 1 is 1.52 bits per heavy atom. The molecule has 0 aliphatic heterocycles. The molecular weight excluding hydrogens is 292 g/mol. The summed E-state index contributed by atoms with van der Waals surface area (Å²) < 4.78 is 4.83. The summed E-state index contributed by atoms with van der Waals surface area (Å²) in [6, 6.07) is 3.43. The maximum absolute atomic E-state index is 12.2. The lowest BCUT2D eigenvalue weighted by atomic mass is 10.1. The highest BCUT2D eigenvalue weighted by Gasteiger charge is 2.21. The van der Waals surface area contributed by atoms with E-state index in [4.69, 9.17) is 4.74 Å². The number of ether oxygens (including phenoxy) is 1. The average Bonchev–Trinajstić information content (AvgIpc) is 2.91. The van der Waals surface area contributed by atoms with Gasteiger partial charge in [0.25, 0.3) is 0 Å². The van der Waals surface area contributed by atoms with Gasteiger partial charge in [-0.2, -0.15) is 0 Å². The monoisotopic (exact) mass is 314 g/mol. The lowest BCUT2D eigenvalue weighted by Gasteiger charge is -2.23. The zero-order chi connectivity index (χ0) is 15.8. The number of nitrogens with zero attached hydrogens (tertiary/aromatic N) is 1. The summed E-state index contributed by atoms with van der Waals surface area (Å²) in [6.45, 7) is 1.80. The normalized spacial score (nSPS) is 13.5. The number of likely N-dealkylation sites (N-methyl/N-ethyl adjacent to an activating group) is 1. The van der Waals surface area contributed by atoms with Gasteiger partial charge < -0.3 is 20.1 Å². The molecule has 2 unspecified atom stereocenters. The van der Waals surface area contributed by atoms with Gasteiger partial charge in [-0.05, 0) is 11.4 Å². The van der Waals surface area contributed by atoms with Crippen molar-refractivity contribution in [3.63, 3.8) is 0 Å². The smallest absolute Gasteiger partial charge is 0.224 e. The molecule has 0 aliphatic rings. The third-order valence-corrected chi connectivity index (χ3v) is 3.90. The SMILES string of the molecule is COCC(O)CN(C)C(=O)CC(NC(C)=O)c1cccs1. The van der Waals surface area contributed by atoms with Gasteiger partial charge in [0.2, 0.25) is 11.8 Å². The molecule has 0 bridgehead atoms. The van der Waals surface area contributed by atoms with E-state index >= 15 is 0 Å². The van der Waals surface area contributed by atoms with Crippen molar-refractivity contribution in [2.24, 2.45) is 0 Å². The molecule has 6 nitrogen and oxygen atoms in total. The Labute approximate surface area is 128 Å². The number of carbonyl (C=O) groups is 2. The molecule has 7 heteroatoms. The number of amides is 2. The summed E-state index contributed by atoms with van der Waals surface area (Å²) in [5.74, 6) is -0.319. The largest absolute Gasteiger partial charge is 0.389 e. The van der Waals surface area contributed by atoms with Gasteiger partial charge in [-0.1, -0.05) is 6.07 Å². The minimum Gasteiger partial charge on any atom is -0.389 e.